The molecular formula is C34H52N2O5S. The molecule has 1 fully saturated rings. The maximum Gasteiger partial charge on any atom is 0.420 e. The summed E-state index contributed by atoms with van der Waals surface area (Å²) in [6.45, 7) is 21.5. The van der Waals surface area contributed by atoms with Crippen molar-refractivity contribution < 1.29 is 23.3 Å². The van der Waals surface area contributed by atoms with Crippen molar-refractivity contribution in [2.24, 2.45) is 0 Å². The van der Waals surface area contributed by atoms with Crippen LogP contribution in [-0.2, 0) is 25.1 Å². The number of benzene rings is 2. The van der Waals surface area contributed by atoms with Gasteiger partial charge in [-0.05, 0) is 104 Å². The highest BCUT2D eigenvalue weighted by Crippen LogP contribution is 2.36. The first-order valence-corrected chi connectivity index (χ1v) is 16.1. The summed E-state index contributed by atoms with van der Waals surface area (Å²) in [6, 6.07) is 17.3. The highest BCUT2D eigenvalue weighted by atomic mass is 32.2. The molecule has 1 aliphatic heterocycles. The fraction of sp³-hybridized carbons (Fsp3) is 0.529. The van der Waals surface area contributed by atoms with Crippen molar-refractivity contribution >= 4 is 34.3 Å². The third-order valence-corrected chi connectivity index (χ3v) is 7.49. The van der Waals surface area contributed by atoms with E-state index < -0.39 is 22.5 Å². The van der Waals surface area contributed by atoms with Gasteiger partial charge in [-0.2, -0.15) is 0 Å². The Morgan fingerprint density at radius 1 is 0.881 bits per heavy atom. The van der Waals surface area contributed by atoms with Gasteiger partial charge in [0.05, 0.1) is 5.52 Å². The molecule has 0 aliphatic carbocycles. The Kier molecular flexibility index (Phi) is 15.2. The quantitative estimate of drug-likeness (QED) is 0.280. The van der Waals surface area contributed by atoms with E-state index in [1.165, 1.54) is 0 Å². The lowest BCUT2D eigenvalue weighted by Crippen LogP contribution is -2.30. The van der Waals surface area contributed by atoms with Crippen molar-refractivity contribution in [3.63, 3.8) is 0 Å². The molecule has 4 rings (SSSR count). The van der Waals surface area contributed by atoms with Crippen LogP contribution in [0.4, 0.5) is 4.79 Å². The average Bonchev–Trinajstić information content (AvgIpc) is 3.35. The second kappa shape index (κ2) is 17.2. The summed E-state index contributed by atoms with van der Waals surface area (Å²) in [5.41, 5.74) is 0.988. The Labute approximate surface area is 256 Å². The smallest absolute Gasteiger partial charge is 0.420 e. The molecule has 0 saturated carbocycles. The van der Waals surface area contributed by atoms with Gasteiger partial charge in [0.25, 0.3) is 6.47 Å². The lowest BCUT2D eigenvalue weighted by atomic mass is 9.88. The molecule has 2 aromatic carbocycles. The summed E-state index contributed by atoms with van der Waals surface area (Å²) in [5.74, 6) is 0.356. The predicted octanol–water partition coefficient (Wildman–Crippen LogP) is 8.41. The van der Waals surface area contributed by atoms with Gasteiger partial charge >= 0.3 is 6.09 Å². The molecule has 1 saturated heterocycles. The van der Waals surface area contributed by atoms with Crippen LogP contribution in [0.1, 0.15) is 93.6 Å². The van der Waals surface area contributed by atoms with Crippen LogP contribution < -0.4 is 0 Å². The first-order valence-electron chi connectivity index (χ1n) is 15.0. The number of carbonyl (C=O) groups is 2. The normalized spacial score (nSPS) is 14.6. The second-order valence-electron chi connectivity index (χ2n) is 11.6. The molecule has 0 amide bonds. The SMILES string of the molecule is CC.CC.CC(C)(C)OC=O.CN1CCC(c2cccc3cc(S(=O)c4ccccc4)n(C(=O)OC(C)(C)C)c23)CC1. The molecule has 0 bridgehead atoms. The van der Waals surface area contributed by atoms with Gasteiger partial charge in [0.2, 0.25) is 0 Å². The van der Waals surface area contributed by atoms with Gasteiger partial charge in [-0.1, -0.05) is 64.1 Å². The Morgan fingerprint density at radius 3 is 1.93 bits per heavy atom. The van der Waals surface area contributed by atoms with Gasteiger partial charge in [-0.3, -0.25) is 4.79 Å². The van der Waals surface area contributed by atoms with Gasteiger partial charge in [0.15, 0.2) is 0 Å². The van der Waals surface area contributed by atoms with Crippen LogP contribution in [0, 0.1) is 0 Å². The maximum atomic E-state index is 13.5. The minimum absolute atomic E-state index is 0.318. The first-order chi connectivity index (χ1) is 19.8. The zero-order chi connectivity index (χ0) is 32.1. The monoisotopic (exact) mass is 600 g/mol. The highest BCUT2D eigenvalue weighted by Gasteiger charge is 2.29. The van der Waals surface area contributed by atoms with Gasteiger partial charge in [-0.15, -0.1) is 0 Å². The van der Waals surface area contributed by atoms with Crippen molar-refractivity contribution in [1.82, 2.24) is 9.47 Å². The van der Waals surface area contributed by atoms with E-state index in [1.807, 2.05) is 118 Å². The molecule has 1 aliphatic rings. The maximum absolute atomic E-state index is 13.5. The molecule has 0 spiro atoms. The molecule has 0 radical (unpaired) electrons. The van der Waals surface area contributed by atoms with Crippen molar-refractivity contribution in [1.29, 1.82) is 0 Å². The standard InChI is InChI=1S/C25H30N2O3S.C5H10O2.2C2H6/c1-25(2,3)30-24(28)27-22(31(29)20-10-6-5-7-11-20)17-19-9-8-12-21(23(19)27)18-13-15-26(4)16-14-18;1-5(2,3)7-4-6;2*1-2/h5-12,17-18H,13-16H2,1-4H3;4H,1-3H3;2*1-2H3. The van der Waals surface area contributed by atoms with E-state index in [4.69, 9.17) is 4.74 Å². The third-order valence-electron chi connectivity index (χ3n) is 6.10. The van der Waals surface area contributed by atoms with Crippen molar-refractivity contribution in [2.45, 2.75) is 109 Å². The molecule has 234 valence electrons. The number of para-hydroxylation sites is 1. The molecule has 8 heteroatoms. The number of ether oxygens (including phenoxy) is 2. The van der Waals surface area contributed by atoms with Gasteiger partial charge in [0.1, 0.15) is 27.0 Å². The molecule has 7 nitrogen and oxygen atoms in total. The number of piperidine rings is 1. The van der Waals surface area contributed by atoms with E-state index in [9.17, 15) is 13.8 Å². The van der Waals surface area contributed by atoms with Crippen molar-refractivity contribution in [2.75, 3.05) is 20.1 Å². The zero-order valence-electron chi connectivity index (χ0n) is 27.5. The van der Waals surface area contributed by atoms with Crippen LogP contribution in [0.5, 0.6) is 0 Å². The summed E-state index contributed by atoms with van der Waals surface area (Å²) in [6.07, 6.45) is 1.58. The predicted molar refractivity (Wildman–Crippen MR) is 174 cm³/mol. The fourth-order valence-corrected chi connectivity index (χ4v) is 5.56. The van der Waals surface area contributed by atoms with Crippen LogP contribution in [0.3, 0.4) is 0 Å². The van der Waals surface area contributed by atoms with E-state index in [1.54, 1.807) is 4.57 Å². The van der Waals surface area contributed by atoms with Gasteiger partial charge in [0, 0.05) is 10.3 Å². The molecule has 0 N–H and O–H groups in total. The largest absolute Gasteiger partial charge is 0.462 e. The lowest BCUT2D eigenvalue weighted by Gasteiger charge is -2.30. The number of carbonyl (C=O) groups excluding carboxylic acids is 2. The Bertz CT molecular complexity index is 1260. The van der Waals surface area contributed by atoms with E-state index in [0.717, 1.165) is 42.4 Å². The van der Waals surface area contributed by atoms with Gasteiger partial charge in [-0.25, -0.2) is 13.6 Å². The second-order valence-corrected chi connectivity index (χ2v) is 13.0. The molecule has 1 unspecified atom stereocenters. The van der Waals surface area contributed by atoms with Gasteiger partial charge < -0.3 is 14.4 Å². The van der Waals surface area contributed by atoms with Crippen LogP contribution >= 0.6 is 0 Å². The Morgan fingerprint density at radius 2 is 1.45 bits per heavy atom. The van der Waals surface area contributed by atoms with Crippen LogP contribution in [0.15, 0.2) is 64.5 Å². The van der Waals surface area contributed by atoms with E-state index in [2.05, 4.69) is 22.8 Å². The van der Waals surface area contributed by atoms with Crippen molar-refractivity contribution in [3.8, 4) is 0 Å². The number of rotatable bonds is 4. The summed E-state index contributed by atoms with van der Waals surface area (Å²) in [7, 11) is 0.635. The number of fused-ring (bicyclic) bond motifs is 1. The summed E-state index contributed by atoms with van der Waals surface area (Å²) < 4.78 is 25.4. The first kappa shape index (κ1) is 37.1. The molecule has 42 heavy (non-hydrogen) atoms. The summed E-state index contributed by atoms with van der Waals surface area (Å²) in [5, 5.41) is 1.37. The average molecular weight is 601 g/mol. The number of hydrogen-bond acceptors (Lipinski definition) is 6. The van der Waals surface area contributed by atoms with Crippen molar-refractivity contribution in [3.05, 3.63) is 60.2 Å². The Hall–Kier alpha value is -2.97. The van der Waals surface area contributed by atoms with Crippen LogP contribution in [0.2, 0.25) is 0 Å². The number of aromatic nitrogens is 1. The molecule has 1 atom stereocenters. The topological polar surface area (TPSA) is 77.8 Å². The van der Waals surface area contributed by atoms with E-state index >= 15 is 0 Å². The molecule has 2 heterocycles. The minimum Gasteiger partial charge on any atom is -0.462 e. The molecule has 1 aromatic heterocycles. The lowest BCUT2D eigenvalue weighted by molar-refractivity contribution is -0.138. The van der Waals surface area contributed by atoms with E-state index in [0.29, 0.717) is 22.3 Å². The Balaban J connectivity index is 0.000000696. The highest BCUT2D eigenvalue weighted by molar-refractivity contribution is 7.85. The number of likely N-dealkylation sites (tertiary alicyclic amines) is 1. The third kappa shape index (κ3) is 11.0. The van der Waals surface area contributed by atoms with Crippen LogP contribution in [-0.4, -0.2) is 57.6 Å². The number of hydrogen-bond donors (Lipinski definition) is 0. The van der Waals surface area contributed by atoms with Crippen LogP contribution in [0.25, 0.3) is 10.9 Å². The van der Waals surface area contributed by atoms with E-state index in [-0.39, 0.29) is 5.60 Å². The number of nitrogens with zero attached hydrogens (tertiary/aromatic N) is 2. The zero-order valence-corrected chi connectivity index (χ0v) is 28.3. The molecular weight excluding hydrogens is 548 g/mol. The molecule has 3 aromatic rings. The summed E-state index contributed by atoms with van der Waals surface area (Å²) in [4.78, 5) is 26.0. The fourth-order valence-electron chi connectivity index (χ4n) is 4.35. The minimum atomic E-state index is -1.50. The summed E-state index contributed by atoms with van der Waals surface area (Å²) >= 11 is 0.